The van der Waals surface area contributed by atoms with E-state index in [-0.39, 0.29) is 5.91 Å². The maximum atomic E-state index is 12.4. The second-order valence-corrected chi connectivity index (χ2v) is 8.07. The quantitative estimate of drug-likeness (QED) is 0.538. The zero-order chi connectivity index (χ0) is 21.8. The molecule has 7 nitrogen and oxygen atoms in total. The summed E-state index contributed by atoms with van der Waals surface area (Å²) in [6.45, 7) is 6.50. The molecule has 1 N–H and O–H groups in total. The van der Waals surface area contributed by atoms with Crippen LogP contribution in [-0.2, 0) is 17.6 Å². The van der Waals surface area contributed by atoms with Gasteiger partial charge in [-0.25, -0.2) is 9.50 Å². The number of nitrogens with zero attached hydrogens (tertiary/aromatic N) is 3. The minimum atomic E-state index is 0.0159. The van der Waals surface area contributed by atoms with E-state index in [4.69, 9.17) is 9.47 Å². The van der Waals surface area contributed by atoms with Crippen LogP contribution in [-0.4, -0.2) is 41.3 Å². The molecular formula is C22H27BrN4O3. The Balaban J connectivity index is 1.58. The van der Waals surface area contributed by atoms with E-state index in [1.54, 1.807) is 14.2 Å². The number of hydrogen-bond acceptors (Lipinski definition) is 5. The number of nitrogens with one attached hydrogen (secondary N) is 1. The standard InChI is InChI=1S/C22H27BrN4O3/c1-13-10-21-25-14(2)17(15(3)27(21)26-13)6-7-22(28)24-9-8-16-11-19(29-4)20(30-5)12-18(16)23/h10-12H,6-9H2,1-5H3,(H,24,28). The minimum absolute atomic E-state index is 0.0159. The summed E-state index contributed by atoms with van der Waals surface area (Å²) in [4.78, 5) is 17.0. The van der Waals surface area contributed by atoms with Crippen molar-refractivity contribution in [1.82, 2.24) is 19.9 Å². The number of hydrogen-bond donors (Lipinski definition) is 1. The second-order valence-electron chi connectivity index (χ2n) is 7.22. The molecule has 0 radical (unpaired) electrons. The molecule has 0 aliphatic heterocycles. The summed E-state index contributed by atoms with van der Waals surface area (Å²) < 4.78 is 13.4. The number of aryl methyl sites for hydroxylation is 3. The Morgan fingerprint density at radius 3 is 2.50 bits per heavy atom. The normalized spacial score (nSPS) is 11.0. The van der Waals surface area contributed by atoms with Crippen molar-refractivity contribution >= 4 is 27.5 Å². The molecule has 30 heavy (non-hydrogen) atoms. The summed E-state index contributed by atoms with van der Waals surface area (Å²) >= 11 is 3.55. The molecule has 0 spiro atoms. The highest BCUT2D eigenvalue weighted by Crippen LogP contribution is 2.33. The summed E-state index contributed by atoms with van der Waals surface area (Å²) in [5.41, 5.74) is 5.87. The predicted octanol–water partition coefficient (Wildman–Crippen LogP) is 3.73. The molecule has 160 valence electrons. The Morgan fingerprint density at radius 1 is 1.10 bits per heavy atom. The molecule has 1 aromatic carbocycles. The Morgan fingerprint density at radius 2 is 1.80 bits per heavy atom. The Bertz CT molecular complexity index is 1080. The molecule has 0 fully saturated rings. The van der Waals surface area contributed by atoms with E-state index in [0.29, 0.717) is 37.3 Å². The first-order valence-corrected chi connectivity index (χ1v) is 10.6. The molecule has 3 aromatic rings. The third kappa shape index (κ3) is 4.75. The van der Waals surface area contributed by atoms with Crippen molar-refractivity contribution in [1.29, 1.82) is 0 Å². The van der Waals surface area contributed by atoms with Crippen LogP contribution in [0.15, 0.2) is 22.7 Å². The number of amides is 1. The summed E-state index contributed by atoms with van der Waals surface area (Å²) in [7, 11) is 3.21. The molecule has 0 saturated carbocycles. The maximum Gasteiger partial charge on any atom is 0.220 e. The SMILES string of the molecule is COc1cc(Br)c(CCNC(=O)CCc2c(C)nc3cc(C)nn3c2C)cc1OC. The number of aromatic nitrogens is 3. The number of fused-ring (bicyclic) bond motifs is 1. The van der Waals surface area contributed by atoms with Gasteiger partial charge in [0, 0.05) is 34.9 Å². The van der Waals surface area contributed by atoms with Crippen LogP contribution < -0.4 is 14.8 Å². The van der Waals surface area contributed by atoms with Crippen LogP contribution in [0.4, 0.5) is 0 Å². The van der Waals surface area contributed by atoms with Crippen molar-refractivity contribution in [3.63, 3.8) is 0 Å². The lowest BCUT2D eigenvalue weighted by molar-refractivity contribution is -0.121. The smallest absolute Gasteiger partial charge is 0.220 e. The summed E-state index contributed by atoms with van der Waals surface area (Å²) in [5, 5.41) is 7.49. The van der Waals surface area contributed by atoms with Gasteiger partial charge in [-0.15, -0.1) is 0 Å². The lowest BCUT2D eigenvalue weighted by Crippen LogP contribution is -2.26. The van der Waals surface area contributed by atoms with Gasteiger partial charge in [-0.05, 0) is 56.9 Å². The zero-order valence-corrected chi connectivity index (χ0v) is 19.6. The van der Waals surface area contributed by atoms with E-state index in [0.717, 1.165) is 38.3 Å². The molecule has 2 heterocycles. The van der Waals surface area contributed by atoms with E-state index in [1.807, 2.05) is 43.5 Å². The maximum absolute atomic E-state index is 12.4. The van der Waals surface area contributed by atoms with Crippen LogP contribution in [0.5, 0.6) is 11.5 Å². The van der Waals surface area contributed by atoms with Crippen molar-refractivity contribution in [2.75, 3.05) is 20.8 Å². The van der Waals surface area contributed by atoms with Crippen molar-refractivity contribution < 1.29 is 14.3 Å². The first-order chi connectivity index (χ1) is 14.3. The lowest BCUT2D eigenvalue weighted by Gasteiger charge is -2.13. The highest BCUT2D eigenvalue weighted by atomic mass is 79.9. The molecule has 0 aliphatic carbocycles. The predicted molar refractivity (Wildman–Crippen MR) is 119 cm³/mol. The van der Waals surface area contributed by atoms with E-state index >= 15 is 0 Å². The summed E-state index contributed by atoms with van der Waals surface area (Å²) in [5.74, 6) is 1.35. The molecule has 0 saturated heterocycles. The van der Waals surface area contributed by atoms with E-state index in [1.165, 1.54) is 0 Å². The van der Waals surface area contributed by atoms with Gasteiger partial charge >= 0.3 is 0 Å². The van der Waals surface area contributed by atoms with Crippen LogP contribution >= 0.6 is 15.9 Å². The fourth-order valence-electron chi connectivity index (χ4n) is 3.55. The number of rotatable bonds is 8. The largest absolute Gasteiger partial charge is 0.493 e. The first kappa shape index (κ1) is 22.1. The Hall–Kier alpha value is -2.61. The highest BCUT2D eigenvalue weighted by molar-refractivity contribution is 9.10. The summed E-state index contributed by atoms with van der Waals surface area (Å²) in [6, 6.07) is 5.76. The average Bonchev–Trinajstić information content (AvgIpc) is 3.08. The molecule has 0 atom stereocenters. The highest BCUT2D eigenvalue weighted by Gasteiger charge is 2.13. The van der Waals surface area contributed by atoms with Gasteiger partial charge in [-0.1, -0.05) is 15.9 Å². The molecule has 8 heteroatoms. The molecule has 2 aromatic heterocycles. The molecule has 0 aliphatic rings. The minimum Gasteiger partial charge on any atom is -0.493 e. The number of carbonyl (C=O) groups excluding carboxylic acids is 1. The third-order valence-corrected chi connectivity index (χ3v) is 5.90. The van der Waals surface area contributed by atoms with Crippen LogP contribution in [0, 0.1) is 20.8 Å². The Kier molecular flexibility index (Phi) is 6.97. The fourth-order valence-corrected chi connectivity index (χ4v) is 4.08. The van der Waals surface area contributed by atoms with Gasteiger partial charge in [0.1, 0.15) is 0 Å². The fraction of sp³-hybridized carbons (Fsp3) is 0.409. The molecule has 3 rings (SSSR count). The lowest BCUT2D eigenvalue weighted by atomic mass is 10.1. The summed E-state index contributed by atoms with van der Waals surface area (Å²) in [6.07, 6.45) is 1.72. The van der Waals surface area contributed by atoms with Gasteiger partial charge in [0.25, 0.3) is 0 Å². The molecule has 1 amide bonds. The molecule has 0 unspecified atom stereocenters. The van der Waals surface area contributed by atoms with Gasteiger partial charge in [0.2, 0.25) is 5.91 Å². The van der Waals surface area contributed by atoms with E-state index in [2.05, 4.69) is 31.3 Å². The van der Waals surface area contributed by atoms with Gasteiger partial charge in [-0.3, -0.25) is 4.79 Å². The van der Waals surface area contributed by atoms with Crippen molar-refractivity contribution in [2.24, 2.45) is 0 Å². The van der Waals surface area contributed by atoms with Crippen LogP contribution in [0.1, 0.15) is 34.6 Å². The molecule has 0 bridgehead atoms. The number of ether oxygens (including phenoxy) is 2. The van der Waals surface area contributed by atoms with E-state index in [9.17, 15) is 4.79 Å². The number of carbonyl (C=O) groups is 1. The van der Waals surface area contributed by atoms with Gasteiger partial charge in [0.05, 0.1) is 19.9 Å². The van der Waals surface area contributed by atoms with Crippen LogP contribution in [0.25, 0.3) is 5.65 Å². The third-order valence-electron chi connectivity index (χ3n) is 5.16. The number of methoxy groups -OCH3 is 2. The van der Waals surface area contributed by atoms with Gasteiger partial charge < -0.3 is 14.8 Å². The van der Waals surface area contributed by atoms with Crippen molar-refractivity contribution in [3.05, 3.63) is 50.9 Å². The topological polar surface area (TPSA) is 77.8 Å². The number of halogens is 1. The van der Waals surface area contributed by atoms with E-state index < -0.39 is 0 Å². The average molecular weight is 475 g/mol. The van der Waals surface area contributed by atoms with Crippen LogP contribution in [0.2, 0.25) is 0 Å². The zero-order valence-electron chi connectivity index (χ0n) is 18.0. The molecular weight excluding hydrogens is 448 g/mol. The Labute approximate surface area is 184 Å². The van der Waals surface area contributed by atoms with Crippen molar-refractivity contribution in [2.45, 2.75) is 40.0 Å². The van der Waals surface area contributed by atoms with Gasteiger partial charge in [0.15, 0.2) is 17.1 Å². The van der Waals surface area contributed by atoms with Crippen LogP contribution in [0.3, 0.4) is 0 Å². The van der Waals surface area contributed by atoms with Crippen molar-refractivity contribution in [3.8, 4) is 11.5 Å². The second kappa shape index (κ2) is 9.47. The monoisotopic (exact) mass is 474 g/mol. The van der Waals surface area contributed by atoms with Gasteiger partial charge in [-0.2, -0.15) is 5.10 Å². The first-order valence-electron chi connectivity index (χ1n) is 9.83. The number of benzene rings is 1.